The number of hydrogen-bond acceptors (Lipinski definition) is 8. The summed E-state index contributed by atoms with van der Waals surface area (Å²) in [7, 11) is 0. The Morgan fingerprint density at radius 1 is 1.30 bits per heavy atom. The zero-order valence-electron chi connectivity index (χ0n) is 17.4. The van der Waals surface area contributed by atoms with Gasteiger partial charge in [-0.25, -0.2) is 4.79 Å². The largest absolute Gasteiger partial charge is 0.478 e. The number of carboxylic acid groups (broad SMARTS) is 1. The second-order valence-electron chi connectivity index (χ2n) is 7.80. The Kier molecular flexibility index (Phi) is 6.52. The quantitative estimate of drug-likeness (QED) is 0.424. The fourth-order valence-electron chi connectivity index (χ4n) is 3.13. The van der Waals surface area contributed by atoms with Crippen molar-refractivity contribution in [2.75, 3.05) is 34.1 Å². The van der Waals surface area contributed by atoms with Crippen LogP contribution in [0.2, 0.25) is 5.02 Å². The number of carbonyl (C=O) groups is 1. The molecule has 0 saturated heterocycles. The van der Waals surface area contributed by atoms with Crippen LogP contribution < -0.4 is 20.9 Å². The molecule has 1 aliphatic heterocycles. The molecule has 1 atom stereocenters. The van der Waals surface area contributed by atoms with Crippen molar-refractivity contribution in [3.63, 3.8) is 0 Å². The van der Waals surface area contributed by atoms with Crippen molar-refractivity contribution in [1.29, 1.82) is 0 Å². The van der Waals surface area contributed by atoms with Gasteiger partial charge in [0.2, 0.25) is 5.95 Å². The van der Waals surface area contributed by atoms with E-state index in [-0.39, 0.29) is 35.2 Å². The molecule has 10 heteroatoms. The molecule has 0 aliphatic carbocycles. The molecule has 0 bridgehead atoms. The number of carboxylic acids is 1. The Balaban J connectivity index is 2.02. The molecule has 5 N–H and O–H groups in total. The van der Waals surface area contributed by atoms with Crippen LogP contribution in [0.5, 0.6) is 0 Å². The summed E-state index contributed by atoms with van der Waals surface area (Å²) >= 11 is 5.98. The van der Waals surface area contributed by atoms with Crippen molar-refractivity contribution in [1.82, 2.24) is 9.97 Å². The van der Waals surface area contributed by atoms with E-state index in [4.69, 9.17) is 11.6 Å². The summed E-state index contributed by atoms with van der Waals surface area (Å²) in [5.74, 6) is 0.691. The van der Waals surface area contributed by atoms with Crippen molar-refractivity contribution in [3.05, 3.63) is 28.8 Å². The third kappa shape index (κ3) is 4.52. The Labute approximate surface area is 180 Å². The fraction of sp³-hybridized carbons (Fsp3) is 0.450. The number of aromatic nitrogens is 2. The minimum Gasteiger partial charge on any atom is -0.478 e. The number of rotatable bonds is 8. The molecule has 1 aliphatic rings. The van der Waals surface area contributed by atoms with Gasteiger partial charge in [-0.3, -0.25) is 0 Å². The topological polar surface area (TPSA) is 123 Å². The molecular weight excluding hydrogens is 408 g/mol. The van der Waals surface area contributed by atoms with Crippen molar-refractivity contribution in [2.45, 2.75) is 39.8 Å². The summed E-state index contributed by atoms with van der Waals surface area (Å²) in [5, 5.41) is 28.9. The Morgan fingerprint density at radius 3 is 2.63 bits per heavy atom. The average molecular weight is 435 g/mol. The molecule has 0 radical (unpaired) electrons. The van der Waals surface area contributed by atoms with Gasteiger partial charge < -0.3 is 31.1 Å². The number of fused-ring (bicyclic) bond motifs is 1. The molecule has 162 valence electrons. The van der Waals surface area contributed by atoms with E-state index in [1.165, 1.54) is 12.1 Å². The molecule has 0 fully saturated rings. The summed E-state index contributed by atoms with van der Waals surface area (Å²) in [6, 6.07) is 4.69. The van der Waals surface area contributed by atoms with E-state index in [0.29, 0.717) is 24.1 Å². The van der Waals surface area contributed by atoms with Crippen LogP contribution in [0.3, 0.4) is 0 Å². The maximum absolute atomic E-state index is 11.4. The van der Waals surface area contributed by atoms with E-state index < -0.39 is 5.97 Å². The summed E-state index contributed by atoms with van der Waals surface area (Å²) < 4.78 is 0. The molecule has 1 aromatic heterocycles. The third-order valence-corrected chi connectivity index (χ3v) is 5.32. The molecule has 0 amide bonds. The van der Waals surface area contributed by atoms with Gasteiger partial charge in [-0.1, -0.05) is 25.4 Å². The number of anilines is 5. The summed E-state index contributed by atoms with van der Waals surface area (Å²) in [5.41, 5.74) is 1.27. The first-order valence-electron chi connectivity index (χ1n) is 9.81. The number of aliphatic hydroxyl groups excluding tert-OH is 1. The zero-order chi connectivity index (χ0) is 22.0. The molecule has 1 aromatic carbocycles. The number of aliphatic hydroxyl groups is 1. The molecule has 2 heterocycles. The molecular formula is C20H27ClN6O3. The van der Waals surface area contributed by atoms with Crippen LogP contribution in [0.25, 0.3) is 0 Å². The minimum absolute atomic E-state index is 0.00244. The van der Waals surface area contributed by atoms with E-state index in [2.05, 4.69) is 44.7 Å². The Hall–Kier alpha value is -2.78. The van der Waals surface area contributed by atoms with Gasteiger partial charge in [0.15, 0.2) is 11.6 Å². The highest BCUT2D eigenvalue weighted by atomic mass is 35.5. The first-order valence-corrected chi connectivity index (χ1v) is 10.2. The summed E-state index contributed by atoms with van der Waals surface area (Å²) in [6.45, 7) is 8.68. The lowest BCUT2D eigenvalue weighted by molar-refractivity contribution is 0.0697. The van der Waals surface area contributed by atoms with Gasteiger partial charge in [0.05, 0.1) is 29.9 Å². The van der Waals surface area contributed by atoms with Crippen LogP contribution in [-0.2, 0) is 0 Å². The van der Waals surface area contributed by atoms with Crippen molar-refractivity contribution >= 4 is 46.5 Å². The summed E-state index contributed by atoms with van der Waals surface area (Å²) in [4.78, 5) is 22.8. The SMILES string of the molecule is CC(C)[C@H](CO)Nc1nc(Nc2ccc(Cl)c(C(=O)O)c2)c2c(n1)N(C(C)C)CN2. The lowest BCUT2D eigenvalue weighted by Gasteiger charge is -2.24. The minimum atomic E-state index is -1.11. The fourth-order valence-corrected chi connectivity index (χ4v) is 3.33. The number of halogens is 1. The maximum Gasteiger partial charge on any atom is 0.337 e. The second-order valence-corrected chi connectivity index (χ2v) is 8.20. The van der Waals surface area contributed by atoms with Gasteiger partial charge in [-0.05, 0) is 38.0 Å². The number of aromatic carboxylic acids is 1. The lowest BCUT2D eigenvalue weighted by atomic mass is 10.1. The predicted molar refractivity (Wildman–Crippen MR) is 119 cm³/mol. The predicted octanol–water partition coefficient (Wildman–Crippen LogP) is 3.60. The first kappa shape index (κ1) is 21.9. The van der Waals surface area contributed by atoms with Crippen LogP contribution >= 0.6 is 11.6 Å². The number of hydrogen-bond donors (Lipinski definition) is 5. The van der Waals surface area contributed by atoms with Crippen LogP contribution in [0.15, 0.2) is 18.2 Å². The van der Waals surface area contributed by atoms with Gasteiger partial charge in [0, 0.05) is 11.7 Å². The van der Waals surface area contributed by atoms with Gasteiger partial charge in [-0.2, -0.15) is 9.97 Å². The van der Waals surface area contributed by atoms with E-state index in [1.54, 1.807) is 6.07 Å². The molecule has 0 spiro atoms. The maximum atomic E-state index is 11.4. The normalized spacial score (nSPS) is 13.9. The zero-order valence-corrected chi connectivity index (χ0v) is 18.2. The van der Waals surface area contributed by atoms with E-state index >= 15 is 0 Å². The number of benzene rings is 1. The van der Waals surface area contributed by atoms with Crippen LogP contribution in [0.4, 0.5) is 29.0 Å². The van der Waals surface area contributed by atoms with Crippen LogP contribution in [0.1, 0.15) is 38.1 Å². The Bertz CT molecular complexity index is 937. The van der Waals surface area contributed by atoms with Gasteiger partial charge in [-0.15, -0.1) is 0 Å². The molecule has 9 nitrogen and oxygen atoms in total. The molecule has 3 rings (SSSR count). The van der Waals surface area contributed by atoms with Crippen molar-refractivity contribution in [3.8, 4) is 0 Å². The third-order valence-electron chi connectivity index (χ3n) is 4.99. The molecule has 0 unspecified atom stereocenters. The van der Waals surface area contributed by atoms with E-state index in [9.17, 15) is 15.0 Å². The standard InChI is InChI=1S/C20H27ClN6O3/c1-10(2)15(8-28)24-20-25-17(16-18(26-20)27(9-22-16)11(3)4)23-12-5-6-14(21)13(7-12)19(29)30/h5-7,10-11,15,22,28H,8-9H2,1-4H3,(H,29,30)(H2,23,24,25,26)/t15-/m0/s1. The summed E-state index contributed by atoms with van der Waals surface area (Å²) in [6.07, 6.45) is 0. The first-order chi connectivity index (χ1) is 14.2. The molecule has 30 heavy (non-hydrogen) atoms. The van der Waals surface area contributed by atoms with Crippen LogP contribution in [0, 0.1) is 5.92 Å². The molecule has 2 aromatic rings. The highest BCUT2D eigenvalue weighted by Crippen LogP contribution is 2.38. The lowest BCUT2D eigenvalue weighted by Crippen LogP contribution is -2.32. The van der Waals surface area contributed by atoms with Gasteiger partial charge >= 0.3 is 5.97 Å². The molecule has 0 saturated carbocycles. The van der Waals surface area contributed by atoms with Crippen molar-refractivity contribution in [2.24, 2.45) is 5.92 Å². The van der Waals surface area contributed by atoms with E-state index in [1.807, 2.05) is 13.8 Å². The Morgan fingerprint density at radius 2 is 2.03 bits per heavy atom. The van der Waals surface area contributed by atoms with Gasteiger partial charge in [0.1, 0.15) is 5.69 Å². The number of nitrogens with one attached hydrogen (secondary N) is 3. The smallest absolute Gasteiger partial charge is 0.337 e. The highest BCUT2D eigenvalue weighted by Gasteiger charge is 2.28. The van der Waals surface area contributed by atoms with E-state index in [0.717, 1.165) is 11.5 Å². The van der Waals surface area contributed by atoms with Crippen molar-refractivity contribution < 1.29 is 15.0 Å². The monoisotopic (exact) mass is 434 g/mol. The van der Waals surface area contributed by atoms with Crippen LogP contribution in [-0.4, -0.2) is 51.5 Å². The average Bonchev–Trinajstić information content (AvgIpc) is 3.11. The highest BCUT2D eigenvalue weighted by molar-refractivity contribution is 6.33. The van der Waals surface area contributed by atoms with Gasteiger partial charge in [0.25, 0.3) is 0 Å². The number of nitrogens with zero attached hydrogens (tertiary/aromatic N) is 3. The second kappa shape index (κ2) is 8.93.